The van der Waals surface area contributed by atoms with Crippen molar-refractivity contribution in [2.75, 3.05) is 26.2 Å². The van der Waals surface area contributed by atoms with E-state index in [2.05, 4.69) is 22.9 Å². The molecule has 3 rings (SSSR count). The predicted octanol–water partition coefficient (Wildman–Crippen LogP) is 1.81. The molecular weight excluding hydrogens is 302 g/mol. The van der Waals surface area contributed by atoms with Crippen LogP contribution in [0.15, 0.2) is 36.7 Å². The Kier molecular flexibility index (Phi) is 4.63. The first-order chi connectivity index (χ1) is 11.6. The van der Waals surface area contributed by atoms with Gasteiger partial charge in [0.05, 0.1) is 17.7 Å². The number of likely N-dealkylation sites (N-methyl/N-ethyl adjacent to an activating group) is 1. The molecule has 1 unspecified atom stereocenters. The molecule has 1 aliphatic heterocycles. The summed E-state index contributed by atoms with van der Waals surface area (Å²) in [7, 11) is 1.98. The number of imidazole rings is 1. The van der Waals surface area contributed by atoms with Crippen LogP contribution in [0.1, 0.15) is 34.7 Å². The third-order valence-corrected chi connectivity index (χ3v) is 4.60. The lowest BCUT2D eigenvalue weighted by Gasteiger charge is -2.40. The van der Waals surface area contributed by atoms with Crippen molar-refractivity contribution in [3.8, 4) is 6.07 Å². The van der Waals surface area contributed by atoms with Crippen LogP contribution >= 0.6 is 0 Å². The van der Waals surface area contributed by atoms with Gasteiger partial charge in [-0.15, -0.1) is 0 Å². The van der Waals surface area contributed by atoms with Crippen molar-refractivity contribution in [1.82, 2.24) is 19.4 Å². The molecule has 2 aromatic rings. The van der Waals surface area contributed by atoms with E-state index in [0.29, 0.717) is 24.2 Å². The van der Waals surface area contributed by atoms with E-state index >= 15 is 0 Å². The van der Waals surface area contributed by atoms with Gasteiger partial charge in [-0.2, -0.15) is 5.26 Å². The fourth-order valence-electron chi connectivity index (χ4n) is 3.20. The monoisotopic (exact) mass is 323 g/mol. The van der Waals surface area contributed by atoms with Gasteiger partial charge in [0.15, 0.2) is 0 Å². The summed E-state index contributed by atoms with van der Waals surface area (Å²) >= 11 is 0. The molecule has 124 valence electrons. The van der Waals surface area contributed by atoms with Gasteiger partial charge in [-0.1, -0.05) is 6.92 Å². The number of rotatable bonds is 3. The minimum Gasteiger partial charge on any atom is -0.337 e. The minimum atomic E-state index is 0.00875. The fraction of sp³-hybridized carbons (Fsp3) is 0.389. The molecule has 0 aliphatic carbocycles. The largest absolute Gasteiger partial charge is 0.337 e. The summed E-state index contributed by atoms with van der Waals surface area (Å²) in [5.41, 5.74) is 1.19. The zero-order chi connectivity index (χ0) is 17.1. The molecule has 1 saturated heterocycles. The summed E-state index contributed by atoms with van der Waals surface area (Å²) in [5, 5.41) is 8.88. The fourth-order valence-corrected chi connectivity index (χ4v) is 3.20. The lowest BCUT2D eigenvalue weighted by Crippen LogP contribution is -2.50. The van der Waals surface area contributed by atoms with Gasteiger partial charge in [-0.3, -0.25) is 9.69 Å². The Hall–Kier alpha value is -2.65. The molecule has 6 nitrogen and oxygen atoms in total. The Morgan fingerprint density at radius 3 is 2.67 bits per heavy atom. The SMILES string of the molecule is CCN1CCN(C(=O)c2ccc(C#N)cc2)CC1c1nccn1C. The first-order valence-corrected chi connectivity index (χ1v) is 8.14. The maximum absolute atomic E-state index is 12.8. The van der Waals surface area contributed by atoms with Crippen molar-refractivity contribution < 1.29 is 4.79 Å². The number of aromatic nitrogens is 2. The molecule has 1 atom stereocenters. The molecular formula is C18H21N5O. The van der Waals surface area contributed by atoms with Gasteiger partial charge >= 0.3 is 0 Å². The minimum absolute atomic E-state index is 0.00875. The van der Waals surface area contributed by atoms with Crippen LogP contribution in [0.5, 0.6) is 0 Å². The topological polar surface area (TPSA) is 65.2 Å². The number of nitriles is 1. The molecule has 0 spiro atoms. The van der Waals surface area contributed by atoms with Crippen LogP contribution in [0.3, 0.4) is 0 Å². The lowest BCUT2D eigenvalue weighted by atomic mass is 10.1. The van der Waals surface area contributed by atoms with E-state index in [0.717, 1.165) is 18.9 Å². The maximum atomic E-state index is 12.8. The molecule has 1 amide bonds. The lowest BCUT2D eigenvalue weighted by molar-refractivity contribution is 0.0473. The summed E-state index contributed by atoms with van der Waals surface area (Å²) in [4.78, 5) is 21.5. The van der Waals surface area contributed by atoms with Crippen molar-refractivity contribution in [3.63, 3.8) is 0 Å². The zero-order valence-corrected chi connectivity index (χ0v) is 14.0. The normalized spacial score (nSPS) is 18.4. The van der Waals surface area contributed by atoms with Crippen molar-refractivity contribution in [1.29, 1.82) is 5.26 Å². The number of nitrogens with zero attached hydrogens (tertiary/aromatic N) is 5. The van der Waals surface area contributed by atoms with Gasteiger partial charge in [-0.25, -0.2) is 4.98 Å². The summed E-state index contributed by atoms with van der Waals surface area (Å²) in [6, 6.07) is 9.00. The van der Waals surface area contributed by atoms with Crippen LogP contribution in [-0.2, 0) is 7.05 Å². The second-order valence-electron chi connectivity index (χ2n) is 5.98. The highest BCUT2D eigenvalue weighted by Gasteiger charge is 2.32. The van der Waals surface area contributed by atoms with E-state index in [1.54, 1.807) is 30.5 Å². The molecule has 1 aromatic carbocycles. The predicted molar refractivity (Wildman–Crippen MR) is 90.3 cm³/mol. The highest BCUT2D eigenvalue weighted by atomic mass is 16.2. The Bertz CT molecular complexity index is 758. The smallest absolute Gasteiger partial charge is 0.253 e. The second-order valence-corrected chi connectivity index (χ2v) is 5.98. The van der Waals surface area contributed by atoms with E-state index < -0.39 is 0 Å². The highest BCUT2D eigenvalue weighted by Crippen LogP contribution is 2.24. The molecule has 0 N–H and O–H groups in total. The van der Waals surface area contributed by atoms with E-state index in [9.17, 15) is 4.79 Å². The van der Waals surface area contributed by atoms with Gasteiger partial charge in [0.1, 0.15) is 5.82 Å². The molecule has 0 bridgehead atoms. The average Bonchev–Trinajstić information content (AvgIpc) is 3.06. The first-order valence-electron chi connectivity index (χ1n) is 8.14. The molecule has 24 heavy (non-hydrogen) atoms. The van der Waals surface area contributed by atoms with Gasteiger partial charge in [0.2, 0.25) is 0 Å². The maximum Gasteiger partial charge on any atom is 0.253 e. The summed E-state index contributed by atoms with van der Waals surface area (Å²) in [6.45, 7) is 5.21. The Balaban J connectivity index is 1.80. The van der Waals surface area contributed by atoms with Crippen LogP contribution in [-0.4, -0.2) is 51.4 Å². The van der Waals surface area contributed by atoms with Gasteiger partial charge in [0.25, 0.3) is 5.91 Å². The Morgan fingerprint density at radius 2 is 2.08 bits per heavy atom. The number of aryl methyl sites for hydroxylation is 1. The standard InChI is InChI=1S/C18H21N5O/c1-3-22-10-11-23(13-16(22)17-20-8-9-21(17)2)18(24)15-6-4-14(12-19)5-7-15/h4-9,16H,3,10-11,13H2,1-2H3. The summed E-state index contributed by atoms with van der Waals surface area (Å²) < 4.78 is 2.02. The number of benzene rings is 1. The molecule has 1 aliphatic rings. The van der Waals surface area contributed by atoms with E-state index in [1.807, 2.05) is 22.7 Å². The van der Waals surface area contributed by atoms with Crippen molar-refractivity contribution >= 4 is 5.91 Å². The molecule has 1 aromatic heterocycles. The van der Waals surface area contributed by atoms with Crippen molar-refractivity contribution in [2.45, 2.75) is 13.0 Å². The quantitative estimate of drug-likeness (QED) is 0.864. The van der Waals surface area contributed by atoms with Crippen molar-refractivity contribution in [3.05, 3.63) is 53.6 Å². The highest BCUT2D eigenvalue weighted by molar-refractivity contribution is 5.94. The molecule has 0 radical (unpaired) electrons. The number of hydrogen-bond acceptors (Lipinski definition) is 4. The molecule has 6 heteroatoms. The van der Waals surface area contributed by atoms with Crippen molar-refractivity contribution in [2.24, 2.45) is 7.05 Å². The van der Waals surface area contributed by atoms with E-state index in [1.165, 1.54) is 0 Å². The summed E-state index contributed by atoms with van der Waals surface area (Å²) in [5.74, 6) is 0.989. The van der Waals surface area contributed by atoms with Crippen LogP contribution in [0.4, 0.5) is 0 Å². The first kappa shape index (κ1) is 16.2. The third-order valence-electron chi connectivity index (χ3n) is 4.60. The van der Waals surface area contributed by atoms with Gasteiger partial charge < -0.3 is 9.47 Å². The number of carbonyl (C=O) groups excluding carboxylic acids is 1. The average molecular weight is 323 g/mol. The molecule has 1 fully saturated rings. The zero-order valence-electron chi connectivity index (χ0n) is 14.0. The molecule has 0 saturated carbocycles. The number of amides is 1. The summed E-state index contributed by atoms with van der Waals surface area (Å²) in [6.07, 6.45) is 3.73. The van der Waals surface area contributed by atoms with Gasteiger partial charge in [0, 0.05) is 44.6 Å². The number of hydrogen-bond donors (Lipinski definition) is 0. The number of piperazine rings is 1. The Labute approximate surface area is 141 Å². The van der Waals surface area contributed by atoms with Crippen LogP contribution in [0.2, 0.25) is 0 Å². The molecule has 2 heterocycles. The second kappa shape index (κ2) is 6.85. The van der Waals surface area contributed by atoms with E-state index in [4.69, 9.17) is 5.26 Å². The number of carbonyl (C=O) groups is 1. The van der Waals surface area contributed by atoms with Crippen LogP contribution < -0.4 is 0 Å². The van der Waals surface area contributed by atoms with Crippen LogP contribution in [0, 0.1) is 11.3 Å². The van der Waals surface area contributed by atoms with E-state index in [-0.39, 0.29) is 11.9 Å². The Morgan fingerprint density at radius 1 is 1.33 bits per heavy atom. The van der Waals surface area contributed by atoms with Crippen LogP contribution in [0.25, 0.3) is 0 Å². The third kappa shape index (κ3) is 3.03. The van der Waals surface area contributed by atoms with Gasteiger partial charge in [-0.05, 0) is 30.8 Å².